The maximum absolute atomic E-state index is 11.8. The van der Waals surface area contributed by atoms with E-state index in [0.717, 1.165) is 6.20 Å². The Hall–Kier alpha value is -2.36. The molecule has 21 heavy (non-hydrogen) atoms. The summed E-state index contributed by atoms with van der Waals surface area (Å²) in [6.07, 6.45) is -2.08. The highest BCUT2D eigenvalue weighted by atomic mass is 19.4. The third kappa shape index (κ3) is 7.11. The lowest BCUT2D eigenvalue weighted by Gasteiger charge is -2.09. The van der Waals surface area contributed by atoms with Crippen molar-refractivity contribution >= 4 is 17.7 Å². The highest BCUT2D eigenvalue weighted by Gasteiger charge is 2.27. The van der Waals surface area contributed by atoms with Crippen LogP contribution in [0.3, 0.4) is 0 Å². The van der Waals surface area contributed by atoms with E-state index in [1.165, 1.54) is 12.3 Å². The lowest BCUT2D eigenvalue weighted by Crippen LogP contribution is -2.32. The largest absolute Gasteiger partial charge is 0.478 e. The summed E-state index contributed by atoms with van der Waals surface area (Å²) >= 11 is 0. The van der Waals surface area contributed by atoms with Crippen LogP contribution < -0.4 is 10.6 Å². The SMILES string of the molecule is O=C(NCCOCC(F)(F)F)Nc1cncc(C(=O)O)c1. The van der Waals surface area contributed by atoms with E-state index in [2.05, 4.69) is 20.4 Å². The number of carboxylic acid groups (broad SMARTS) is 1. The normalized spacial score (nSPS) is 11.0. The Morgan fingerprint density at radius 1 is 1.33 bits per heavy atom. The van der Waals surface area contributed by atoms with Crippen molar-refractivity contribution in [3.8, 4) is 0 Å². The van der Waals surface area contributed by atoms with Crippen LogP contribution in [0.2, 0.25) is 0 Å². The molecule has 7 nitrogen and oxygen atoms in total. The first-order valence-electron chi connectivity index (χ1n) is 5.65. The van der Waals surface area contributed by atoms with Gasteiger partial charge in [-0.05, 0) is 6.07 Å². The number of urea groups is 1. The monoisotopic (exact) mass is 307 g/mol. The van der Waals surface area contributed by atoms with E-state index in [4.69, 9.17) is 5.11 Å². The van der Waals surface area contributed by atoms with Crippen molar-refractivity contribution in [3.05, 3.63) is 24.0 Å². The van der Waals surface area contributed by atoms with Gasteiger partial charge in [-0.15, -0.1) is 0 Å². The van der Waals surface area contributed by atoms with Crippen molar-refractivity contribution in [2.75, 3.05) is 25.1 Å². The number of aromatic carboxylic acids is 1. The van der Waals surface area contributed by atoms with E-state index < -0.39 is 24.8 Å². The topological polar surface area (TPSA) is 101 Å². The van der Waals surface area contributed by atoms with Crippen molar-refractivity contribution in [2.45, 2.75) is 6.18 Å². The van der Waals surface area contributed by atoms with Crippen LogP contribution in [0.15, 0.2) is 18.5 Å². The molecule has 0 saturated carbocycles. The summed E-state index contributed by atoms with van der Waals surface area (Å²) < 4.78 is 39.5. The van der Waals surface area contributed by atoms with Crippen molar-refractivity contribution < 1.29 is 32.6 Å². The second-order valence-corrected chi connectivity index (χ2v) is 3.82. The van der Waals surface area contributed by atoms with Gasteiger partial charge in [0.15, 0.2) is 0 Å². The summed E-state index contributed by atoms with van der Waals surface area (Å²) in [4.78, 5) is 25.7. The first-order chi connectivity index (χ1) is 9.78. The molecule has 0 unspecified atom stereocenters. The minimum Gasteiger partial charge on any atom is -0.478 e. The molecule has 1 aromatic rings. The highest BCUT2D eigenvalue weighted by molar-refractivity contribution is 5.92. The van der Waals surface area contributed by atoms with E-state index in [9.17, 15) is 22.8 Å². The molecular weight excluding hydrogens is 295 g/mol. The fraction of sp³-hybridized carbons (Fsp3) is 0.364. The van der Waals surface area contributed by atoms with Gasteiger partial charge in [-0.1, -0.05) is 0 Å². The van der Waals surface area contributed by atoms with Gasteiger partial charge in [0.25, 0.3) is 0 Å². The number of nitrogens with one attached hydrogen (secondary N) is 2. The summed E-state index contributed by atoms with van der Waals surface area (Å²) in [7, 11) is 0. The summed E-state index contributed by atoms with van der Waals surface area (Å²) in [5.41, 5.74) is 0.0323. The van der Waals surface area contributed by atoms with Gasteiger partial charge in [-0.25, -0.2) is 9.59 Å². The number of hydrogen-bond acceptors (Lipinski definition) is 4. The highest BCUT2D eigenvalue weighted by Crippen LogP contribution is 2.14. The second-order valence-electron chi connectivity index (χ2n) is 3.82. The Labute approximate surface area is 117 Å². The second kappa shape index (κ2) is 7.43. The smallest absolute Gasteiger partial charge is 0.411 e. The number of anilines is 1. The zero-order chi connectivity index (χ0) is 15.9. The maximum Gasteiger partial charge on any atom is 0.411 e. The lowest BCUT2D eigenvalue weighted by atomic mass is 10.3. The molecule has 0 saturated heterocycles. The number of carboxylic acids is 1. The predicted octanol–water partition coefficient (Wildman–Crippen LogP) is 1.48. The number of rotatable bonds is 6. The van der Waals surface area contributed by atoms with Gasteiger partial charge >= 0.3 is 18.2 Å². The van der Waals surface area contributed by atoms with Gasteiger partial charge in [-0.3, -0.25) is 4.98 Å². The number of nitrogens with zero attached hydrogens (tertiary/aromatic N) is 1. The van der Waals surface area contributed by atoms with E-state index in [1.54, 1.807) is 0 Å². The van der Waals surface area contributed by atoms with Crippen molar-refractivity contribution in [3.63, 3.8) is 0 Å². The van der Waals surface area contributed by atoms with Crippen LogP contribution in [0.4, 0.5) is 23.7 Å². The number of amides is 2. The van der Waals surface area contributed by atoms with Crippen molar-refractivity contribution in [2.24, 2.45) is 0 Å². The van der Waals surface area contributed by atoms with Crippen molar-refractivity contribution in [1.82, 2.24) is 10.3 Å². The fourth-order valence-electron chi connectivity index (χ4n) is 1.23. The number of carbonyl (C=O) groups excluding carboxylic acids is 1. The van der Waals surface area contributed by atoms with E-state index in [-0.39, 0.29) is 24.4 Å². The van der Waals surface area contributed by atoms with Crippen LogP contribution in [-0.2, 0) is 4.74 Å². The van der Waals surface area contributed by atoms with E-state index in [0.29, 0.717) is 0 Å². The van der Waals surface area contributed by atoms with Gasteiger partial charge in [-0.2, -0.15) is 13.2 Å². The molecule has 3 N–H and O–H groups in total. The summed E-state index contributed by atoms with van der Waals surface area (Å²) in [5.74, 6) is -1.20. The molecule has 1 rings (SSSR count). The molecule has 10 heteroatoms. The Morgan fingerprint density at radius 3 is 2.67 bits per heavy atom. The summed E-state index contributed by atoms with van der Waals surface area (Å²) in [6, 6.07) is 0.477. The van der Waals surface area contributed by atoms with Gasteiger partial charge in [0.1, 0.15) is 6.61 Å². The molecular formula is C11H12F3N3O4. The van der Waals surface area contributed by atoms with Gasteiger partial charge in [0.2, 0.25) is 0 Å². The minimum atomic E-state index is -4.41. The molecule has 0 aromatic carbocycles. The Kier molecular flexibility index (Phi) is 5.91. The van der Waals surface area contributed by atoms with Gasteiger partial charge < -0.3 is 20.5 Å². The zero-order valence-electron chi connectivity index (χ0n) is 10.6. The molecule has 0 atom stereocenters. The van der Waals surface area contributed by atoms with Gasteiger partial charge in [0.05, 0.1) is 24.1 Å². The number of ether oxygens (including phenoxy) is 1. The number of alkyl halides is 3. The van der Waals surface area contributed by atoms with Crippen LogP contribution in [0.25, 0.3) is 0 Å². The van der Waals surface area contributed by atoms with Crippen molar-refractivity contribution in [1.29, 1.82) is 0 Å². The molecule has 0 spiro atoms. The maximum atomic E-state index is 11.8. The number of pyridine rings is 1. The van der Waals surface area contributed by atoms with Gasteiger partial charge in [0, 0.05) is 12.7 Å². The summed E-state index contributed by atoms with van der Waals surface area (Å²) in [6.45, 7) is -1.82. The standard InChI is InChI=1S/C11H12F3N3O4/c12-11(13,14)6-21-2-1-16-10(20)17-8-3-7(9(18)19)4-15-5-8/h3-5H,1-2,6H2,(H,18,19)(H2,16,17,20). The Morgan fingerprint density at radius 2 is 2.05 bits per heavy atom. The van der Waals surface area contributed by atoms with Crippen LogP contribution in [0.1, 0.15) is 10.4 Å². The molecule has 0 aliphatic rings. The Balaban J connectivity index is 2.31. The third-order valence-electron chi connectivity index (χ3n) is 2.04. The first-order valence-corrected chi connectivity index (χ1v) is 5.65. The predicted molar refractivity (Wildman–Crippen MR) is 65.1 cm³/mol. The molecule has 116 valence electrons. The lowest BCUT2D eigenvalue weighted by molar-refractivity contribution is -0.173. The van der Waals surface area contributed by atoms with Crippen LogP contribution in [0.5, 0.6) is 0 Å². The zero-order valence-corrected chi connectivity index (χ0v) is 10.6. The number of halogens is 3. The van der Waals surface area contributed by atoms with Crippen LogP contribution in [0, 0.1) is 0 Å². The van der Waals surface area contributed by atoms with Crippen LogP contribution in [-0.4, -0.2) is 48.0 Å². The average molecular weight is 307 g/mol. The number of carbonyl (C=O) groups is 2. The summed E-state index contributed by atoms with van der Waals surface area (Å²) in [5, 5.41) is 13.3. The molecule has 0 fully saturated rings. The molecule has 2 amide bonds. The first kappa shape index (κ1) is 16.7. The molecule has 0 aliphatic carbocycles. The minimum absolute atomic E-state index is 0.110. The van der Waals surface area contributed by atoms with Crippen LogP contribution >= 0.6 is 0 Å². The molecule has 1 aromatic heterocycles. The molecule has 0 radical (unpaired) electrons. The van der Waals surface area contributed by atoms with E-state index >= 15 is 0 Å². The Bertz CT molecular complexity index is 508. The fourth-order valence-corrected chi connectivity index (χ4v) is 1.23. The van der Waals surface area contributed by atoms with E-state index in [1.807, 2.05) is 0 Å². The number of hydrogen-bond donors (Lipinski definition) is 3. The number of aromatic nitrogens is 1. The quantitative estimate of drug-likeness (QED) is 0.691. The molecule has 1 heterocycles. The third-order valence-corrected chi connectivity index (χ3v) is 2.04. The average Bonchev–Trinajstić information content (AvgIpc) is 2.37. The molecule has 0 aliphatic heterocycles. The molecule has 0 bridgehead atoms.